The highest BCUT2D eigenvalue weighted by molar-refractivity contribution is 8.03. The Morgan fingerprint density at radius 1 is 0.897 bits per heavy atom. The Labute approximate surface area is 174 Å². The van der Waals surface area contributed by atoms with Crippen molar-refractivity contribution in [2.75, 3.05) is 4.90 Å². The number of imide groups is 1. The highest BCUT2D eigenvalue weighted by Gasteiger charge is 2.41. The summed E-state index contributed by atoms with van der Waals surface area (Å²) >= 11 is 1.35. The van der Waals surface area contributed by atoms with E-state index in [9.17, 15) is 9.59 Å². The van der Waals surface area contributed by atoms with E-state index in [0.29, 0.717) is 21.9 Å². The summed E-state index contributed by atoms with van der Waals surface area (Å²) < 4.78 is 5.41. The number of rotatable bonds is 5. The van der Waals surface area contributed by atoms with Gasteiger partial charge < -0.3 is 4.42 Å². The third kappa shape index (κ3) is 3.54. The second-order valence-corrected chi connectivity index (χ2v) is 8.11. The Morgan fingerprint density at radius 3 is 2.38 bits per heavy atom. The number of anilines is 1. The van der Waals surface area contributed by atoms with Gasteiger partial charge in [-0.1, -0.05) is 42.0 Å². The summed E-state index contributed by atoms with van der Waals surface area (Å²) in [4.78, 5) is 28.6. The molecule has 2 heterocycles. The fraction of sp³-hybridized carbons (Fsp3) is 0.167. The summed E-state index contributed by atoms with van der Waals surface area (Å²) in [5.74, 6) is 0.684. The van der Waals surface area contributed by atoms with Crippen molar-refractivity contribution in [3.8, 4) is 0 Å². The van der Waals surface area contributed by atoms with Crippen LogP contribution in [0, 0.1) is 20.8 Å². The molecule has 2 amide bonds. The minimum Gasteiger partial charge on any atom is -0.468 e. The van der Waals surface area contributed by atoms with Crippen LogP contribution in [0.2, 0.25) is 0 Å². The smallest absolute Gasteiger partial charge is 0.272 e. The SMILES string of the molecule is Cc1ccc(C2=C(SCc3ccco3)C(=O)N(c3ccccc3C)C2=O)c(C)c1. The van der Waals surface area contributed by atoms with Gasteiger partial charge in [0.25, 0.3) is 11.8 Å². The van der Waals surface area contributed by atoms with Crippen LogP contribution in [0.5, 0.6) is 0 Å². The molecule has 29 heavy (non-hydrogen) atoms. The lowest BCUT2D eigenvalue weighted by atomic mass is 9.98. The zero-order chi connectivity index (χ0) is 20.5. The molecule has 0 bridgehead atoms. The predicted molar refractivity (Wildman–Crippen MR) is 117 cm³/mol. The summed E-state index contributed by atoms with van der Waals surface area (Å²) in [5.41, 5.74) is 4.86. The van der Waals surface area contributed by atoms with Gasteiger partial charge in [-0.2, -0.15) is 0 Å². The van der Waals surface area contributed by atoms with Crippen molar-refractivity contribution < 1.29 is 14.0 Å². The average molecular weight is 404 g/mol. The predicted octanol–water partition coefficient (Wildman–Crippen LogP) is 5.42. The summed E-state index contributed by atoms with van der Waals surface area (Å²) in [6, 6.07) is 17.1. The lowest BCUT2D eigenvalue weighted by molar-refractivity contribution is -0.119. The van der Waals surface area contributed by atoms with Crippen LogP contribution in [0.15, 0.2) is 70.2 Å². The van der Waals surface area contributed by atoms with Gasteiger partial charge in [-0.3, -0.25) is 9.59 Å². The molecular formula is C24H21NO3S. The number of furan rings is 1. The quantitative estimate of drug-likeness (QED) is 0.534. The van der Waals surface area contributed by atoms with E-state index < -0.39 is 0 Å². The van der Waals surface area contributed by atoms with E-state index in [1.54, 1.807) is 6.26 Å². The molecule has 3 aromatic rings. The number of nitrogens with zero attached hydrogens (tertiary/aromatic N) is 1. The van der Waals surface area contributed by atoms with Crippen LogP contribution >= 0.6 is 11.8 Å². The van der Waals surface area contributed by atoms with E-state index in [-0.39, 0.29) is 11.8 Å². The van der Waals surface area contributed by atoms with Gasteiger partial charge >= 0.3 is 0 Å². The van der Waals surface area contributed by atoms with Crippen LogP contribution in [0.4, 0.5) is 5.69 Å². The van der Waals surface area contributed by atoms with E-state index in [4.69, 9.17) is 4.42 Å². The zero-order valence-electron chi connectivity index (χ0n) is 16.6. The largest absolute Gasteiger partial charge is 0.468 e. The molecule has 0 atom stereocenters. The van der Waals surface area contributed by atoms with Crippen molar-refractivity contribution in [3.05, 3.63) is 93.8 Å². The molecule has 1 aliphatic heterocycles. The van der Waals surface area contributed by atoms with E-state index in [1.165, 1.54) is 16.7 Å². The second-order valence-electron chi connectivity index (χ2n) is 7.12. The van der Waals surface area contributed by atoms with E-state index in [2.05, 4.69) is 0 Å². The Hall–Kier alpha value is -3.05. The van der Waals surface area contributed by atoms with Crippen LogP contribution in [0.25, 0.3) is 5.57 Å². The second kappa shape index (κ2) is 7.76. The number of carbonyl (C=O) groups excluding carboxylic acids is 2. The third-order valence-corrected chi connectivity index (χ3v) is 6.08. The van der Waals surface area contributed by atoms with Crippen molar-refractivity contribution in [1.82, 2.24) is 0 Å². The molecule has 146 valence electrons. The molecule has 0 aliphatic carbocycles. The molecule has 1 aliphatic rings. The molecule has 0 saturated carbocycles. The number of benzene rings is 2. The third-order valence-electron chi connectivity index (χ3n) is 4.99. The molecule has 5 heteroatoms. The fourth-order valence-corrected chi connectivity index (χ4v) is 4.55. The van der Waals surface area contributed by atoms with Crippen molar-refractivity contribution in [3.63, 3.8) is 0 Å². The number of hydrogen-bond acceptors (Lipinski definition) is 4. The van der Waals surface area contributed by atoms with Crippen molar-refractivity contribution >= 4 is 34.8 Å². The highest BCUT2D eigenvalue weighted by Crippen LogP contribution is 2.41. The maximum atomic E-state index is 13.5. The minimum atomic E-state index is -0.282. The summed E-state index contributed by atoms with van der Waals surface area (Å²) in [6.45, 7) is 5.89. The summed E-state index contributed by atoms with van der Waals surface area (Å²) in [7, 11) is 0. The molecule has 2 aromatic carbocycles. The molecule has 0 unspecified atom stereocenters. The molecule has 4 nitrogen and oxygen atoms in total. The lowest BCUT2D eigenvalue weighted by Gasteiger charge is -2.17. The van der Waals surface area contributed by atoms with Gasteiger partial charge in [0.1, 0.15) is 5.76 Å². The first-order valence-corrected chi connectivity index (χ1v) is 10.4. The van der Waals surface area contributed by atoms with E-state index in [1.807, 2.05) is 75.4 Å². The van der Waals surface area contributed by atoms with E-state index >= 15 is 0 Å². The van der Waals surface area contributed by atoms with Gasteiger partial charge in [-0.15, -0.1) is 11.8 Å². The van der Waals surface area contributed by atoms with Crippen LogP contribution in [-0.4, -0.2) is 11.8 Å². The van der Waals surface area contributed by atoms with Gasteiger partial charge in [-0.05, 0) is 55.7 Å². The van der Waals surface area contributed by atoms with E-state index in [0.717, 1.165) is 28.0 Å². The van der Waals surface area contributed by atoms with Crippen molar-refractivity contribution in [2.24, 2.45) is 0 Å². The minimum absolute atomic E-state index is 0.279. The van der Waals surface area contributed by atoms with Crippen molar-refractivity contribution in [2.45, 2.75) is 26.5 Å². The van der Waals surface area contributed by atoms with Gasteiger partial charge in [0, 0.05) is 0 Å². The Balaban J connectivity index is 1.81. The Morgan fingerprint density at radius 2 is 1.69 bits per heavy atom. The number of hydrogen-bond donors (Lipinski definition) is 0. The number of para-hydroxylation sites is 1. The Kier molecular flexibility index (Phi) is 5.16. The standard InChI is InChI=1S/C24H21NO3S/c1-15-10-11-19(17(3)13-15)21-22(29-14-18-8-6-12-28-18)24(27)25(23(21)26)20-9-5-4-7-16(20)2/h4-13H,14H2,1-3H3. The number of thioether (sulfide) groups is 1. The molecular weight excluding hydrogens is 382 g/mol. The molecule has 0 fully saturated rings. The normalized spacial score (nSPS) is 14.2. The zero-order valence-corrected chi connectivity index (χ0v) is 17.4. The van der Waals surface area contributed by atoms with Gasteiger partial charge in [0.05, 0.1) is 28.2 Å². The van der Waals surface area contributed by atoms with Crippen LogP contribution < -0.4 is 4.90 Å². The first-order valence-electron chi connectivity index (χ1n) is 9.39. The monoisotopic (exact) mass is 403 g/mol. The lowest BCUT2D eigenvalue weighted by Crippen LogP contribution is -2.32. The fourth-order valence-electron chi connectivity index (χ4n) is 3.55. The van der Waals surface area contributed by atoms with Gasteiger partial charge in [-0.25, -0.2) is 4.90 Å². The maximum absolute atomic E-state index is 13.5. The molecule has 0 spiro atoms. The molecule has 1 aromatic heterocycles. The van der Waals surface area contributed by atoms with Crippen LogP contribution in [0.3, 0.4) is 0 Å². The topological polar surface area (TPSA) is 50.5 Å². The molecule has 0 radical (unpaired) electrons. The highest BCUT2D eigenvalue weighted by atomic mass is 32.2. The first kappa shape index (κ1) is 19.3. The maximum Gasteiger partial charge on any atom is 0.272 e. The molecule has 4 rings (SSSR count). The van der Waals surface area contributed by atoms with Crippen LogP contribution in [-0.2, 0) is 15.3 Å². The summed E-state index contributed by atoms with van der Waals surface area (Å²) in [5, 5.41) is 0. The average Bonchev–Trinajstić information content (AvgIpc) is 3.28. The van der Waals surface area contributed by atoms with Gasteiger partial charge in [0.15, 0.2) is 0 Å². The van der Waals surface area contributed by atoms with Crippen molar-refractivity contribution in [1.29, 1.82) is 0 Å². The Bertz CT molecular complexity index is 1130. The molecule has 0 N–H and O–H groups in total. The van der Waals surface area contributed by atoms with Crippen LogP contribution in [0.1, 0.15) is 28.0 Å². The van der Waals surface area contributed by atoms with Gasteiger partial charge in [0.2, 0.25) is 0 Å². The number of carbonyl (C=O) groups is 2. The molecule has 0 saturated heterocycles. The first-order chi connectivity index (χ1) is 14.0. The number of aryl methyl sites for hydroxylation is 3. The number of amides is 2. The summed E-state index contributed by atoms with van der Waals surface area (Å²) in [6.07, 6.45) is 1.61.